The molecule has 0 unspecified atom stereocenters. The van der Waals surface area contributed by atoms with Gasteiger partial charge in [0.25, 0.3) is 5.91 Å². The maximum absolute atomic E-state index is 13.5. The smallest absolute Gasteiger partial charge is 0.543 e. The van der Waals surface area contributed by atoms with Gasteiger partial charge in [-0.1, -0.05) is 79.5 Å². The molecule has 4 aromatic carbocycles. The van der Waals surface area contributed by atoms with Gasteiger partial charge >= 0.3 is 29.6 Å². The van der Waals surface area contributed by atoms with E-state index in [0.717, 1.165) is 36.0 Å². The fourth-order valence-corrected chi connectivity index (χ4v) is 5.48. The minimum atomic E-state index is -1.40. The Kier molecular flexibility index (Phi) is 11.3. The van der Waals surface area contributed by atoms with E-state index < -0.39 is 11.9 Å². The van der Waals surface area contributed by atoms with Crippen molar-refractivity contribution < 1.29 is 49.0 Å². The zero-order valence-electron chi connectivity index (χ0n) is 25.5. The molecule has 0 saturated heterocycles. The number of nitrogens with zero attached hydrogens (tertiary/aromatic N) is 1. The van der Waals surface area contributed by atoms with Crippen molar-refractivity contribution in [2.75, 3.05) is 5.32 Å². The second-order valence-electron chi connectivity index (χ2n) is 10.9. The van der Waals surface area contributed by atoms with E-state index in [4.69, 9.17) is 16.3 Å². The van der Waals surface area contributed by atoms with Crippen LogP contribution in [0.1, 0.15) is 65.6 Å². The number of benzene rings is 4. The topological polar surface area (TPSA) is 83.4 Å². The van der Waals surface area contributed by atoms with Crippen molar-refractivity contribution in [3.8, 4) is 16.9 Å². The zero-order chi connectivity index (χ0) is 30.5. The first kappa shape index (κ1) is 33.3. The van der Waals surface area contributed by atoms with Crippen molar-refractivity contribution in [3.63, 3.8) is 0 Å². The molecule has 0 radical (unpaired) electrons. The molecule has 0 atom stereocenters. The molecule has 0 fully saturated rings. The molecule has 0 aliphatic rings. The third kappa shape index (κ3) is 7.74. The van der Waals surface area contributed by atoms with Gasteiger partial charge in [0.1, 0.15) is 5.75 Å². The normalized spacial score (nSPS) is 10.9. The van der Waals surface area contributed by atoms with Crippen molar-refractivity contribution in [1.29, 1.82) is 0 Å². The fraction of sp³-hybridized carbons (Fsp3) is 0.222. The Balaban J connectivity index is 0.00000442. The van der Waals surface area contributed by atoms with Crippen molar-refractivity contribution in [2.24, 2.45) is 0 Å². The van der Waals surface area contributed by atoms with Gasteiger partial charge in [0.15, 0.2) is 0 Å². The number of aromatic nitrogens is 1. The van der Waals surface area contributed by atoms with E-state index in [1.54, 1.807) is 41.0 Å². The molecule has 0 aliphatic heterocycles. The number of carbonyl (C=O) groups excluding carboxylic acids is 2. The number of hydrogen-bond donors (Lipinski definition) is 1. The van der Waals surface area contributed by atoms with Crippen molar-refractivity contribution >= 4 is 40.1 Å². The molecule has 5 aromatic rings. The summed E-state index contributed by atoms with van der Waals surface area (Å²) in [7, 11) is 0. The second kappa shape index (κ2) is 15.0. The van der Waals surface area contributed by atoms with Crippen LogP contribution in [0.3, 0.4) is 0 Å². The van der Waals surface area contributed by atoms with Gasteiger partial charge in [0, 0.05) is 22.5 Å². The first-order chi connectivity index (χ1) is 20.7. The summed E-state index contributed by atoms with van der Waals surface area (Å²) in [4.78, 5) is 26.2. The third-order valence-corrected chi connectivity index (χ3v) is 7.54. The number of rotatable bonds is 11. The summed E-state index contributed by atoms with van der Waals surface area (Å²) >= 11 is 6.26. The Labute approximate surface area is 285 Å². The number of amides is 1. The van der Waals surface area contributed by atoms with E-state index in [0.29, 0.717) is 27.2 Å². The van der Waals surface area contributed by atoms with Gasteiger partial charge in [-0.15, -0.1) is 0 Å². The monoisotopic (exact) mass is 616 g/mol. The van der Waals surface area contributed by atoms with Gasteiger partial charge in [-0.3, -0.25) is 4.79 Å². The van der Waals surface area contributed by atoms with Gasteiger partial charge in [-0.2, -0.15) is 0 Å². The van der Waals surface area contributed by atoms with Gasteiger partial charge in [0.05, 0.1) is 29.0 Å². The largest absolute Gasteiger partial charge is 1.00 e. The molecule has 6 nitrogen and oxygen atoms in total. The van der Waals surface area contributed by atoms with Crippen molar-refractivity contribution in [2.45, 2.75) is 52.7 Å². The van der Waals surface area contributed by atoms with E-state index in [1.807, 2.05) is 44.2 Å². The molecule has 0 bridgehead atoms. The Hall–Kier alpha value is -3.55. The molecule has 0 spiro atoms. The van der Waals surface area contributed by atoms with Gasteiger partial charge in [-0.05, 0) is 85.3 Å². The number of nitrogens with one attached hydrogen (secondary N) is 1. The molecule has 1 heterocycles. The SMILES string of the molecule is CCCCc1ccc(-c2ccc3c(NC(=O)c4cccc(OC(C)C)c4)c(C(=O)[O-])n(Cc4cccc(Cl)c4)c3c2)cc1.[Na+]. The van der Waals surface area contributed by atoms with Gasteiger partial charge in [0.2, 0.25) is 0 Å². The van der Waals surface area contributed by atoms with Crippen LogP contribution in [0.4, 0.5) is 5.69 Å². The molecule has 1 amide bonds. The number of aromatic carboxylic acids is 1. The Morgan fingerprint density at radius 1 is 0.909 bits per heavy atom. The summed E-state index contributed by atoms with van der Waals surface area (Å²) in [5.41, 5.74) is 5.10. The third-order valence-electron chi connectivity index (χ3n) is 7.30. The van der Waals surface area contributed by atoms with Gasteiger partial charge in [-0.25, -0.2) is 0 Å². The number of unbranched alkanes of at least 4 members (excludes halogenated alkanes) is 1. The molecular formula is C36H34ClN2NaO4. The minimum absolute atomic E-state index is 0. The Morgan fingerprint density at radius 2 is 1.64 bits per heavy atom. The van der Waals surface area contributed by atoms with Crippen LogP contribution in [0.25, 0.3) is 22.0 Å². The van der Waals surface area contributed by atoms with E-state index in [-0.39, 0.29) is 53.6 Å². The van der Waals surface area contributed by atoms with Crippen LogP contribution in [0, 0.1) is 0 Å². The van der Waals surface area contributed by atoms with E-state index in [1.165, 1.54) is 5.56 Å². The molecular weight excluding hydrogens is 583 g/mol. The number of fused-ring (bicyclic) bond motifs is 1. The number of hydrogen-bond acceptors (Lipinski definition) is 4. The van der Waals surface area contributed by atoms with E-state index >= 15 is 0 Å². The van der Waals surface area contributed by atoms with Crippen LogP contribution in [-0.4, -0.2) is 22.5 Å². The molecule has 44 heavy (non-hydrogen) atoms. The van der Waals surface area contributed by atoms with Crippen molar-refractivity contribution in [1.82, 2.24) is 4.57 Å². The molecule has 1 N–H and O–H groups in total. The van der Waals surface area contributed by atoms with Gasteiger partial charge < -0.3 is 24.5 Å². The summed E-state index contributed by atoms with van der Waals surface area (Å²) in [6, 6.07) is 28.3. The van der Waals surface area contributed by atoms with Crippen LogP contribution in [-0.2, 0) is 13.0 Å². The number of carboxylic acids is 1. The first-order valence-corrected chi connectivity index (χ1v) is 14.9. The number of anilines is 1. The molecule has 1 aromatic heterocycles. The van der Waals surface area contributed by atoms with Crippen LogP contribution >= 0.6 is 11.6 Å². The molecule has 8 heteroatoms. The van der Waals surface area contributed by atoms with E-state index in [9.17, 15) is 14.7 Å². The average molecular weight is 617 g/mol. The first-order valence-electron chi connectivity index (χ1n) is 14.5. The summed E-state index contributed by atoms with van der Waals surface area (Å²) in [5, 5.41) is 16.7. The van der Waals surface area contributed by atoms with E-state index in [2.05, 4.69) is 36.5 Å². The van der Waals surface area contributed by atoms with Crippen LogP contribution < -0.4 is 44.7 Å². The quantitative estimate of drug-likeness (QED) is 0.217. The number of ether oxygens (including phenoxy) is 1. The second-order valence-corrected chi connectivity index (χ2v) is 11.3. The summed E-state index contributed by atoms with van der Waals surface area (Å²) < 4.78 is 7.42. The van der Waals surface area contributed by atoms with Crippen LogP contribution in [0.15, 0.2) is 91.0 Å². The maximum atomic E-state index is 13.5. The summed E-state index contributed by atoms with van der Waals surface area (Å²) in [6.45, 7) is 6.21. The summed E-state index contributed by atoms with van der Waals surface area (Å²) in [6.07, 6.45) is 3.24. The Morgan fingerprint density at radius 3 is 2.32 bits per heavy atom. The van der Waals surface area contributed by atoms with Crippen LogP contribution in [0.5, 0.6) is 5.75 Å². The summed E-state index contributed by atoms with van der Waals surface area (Å²) in [5.74, 6) is -1.30. The predicted molar refractivity (Wildman–Crippen MR) is 171 cm³/mol. The molecule has 0 saturated carbocycles. The average Bonchev–Trinajstić information content (AvgIpc) is 3.28. The number of carbonyl (C=O) groups is 2. The minimum Gasteiger partial charge on any atom is -0.543 e. The van der Waals surface area contributed by atoms with Crippen LogP contribution in [0.2, 0.25) is 5.02 Å². The fourth-order valence-electron chi connectivity index (χ4n) is 5.26. The zero-order valence-corrected chi connectivity index (χ0v) is 28.3. The van der Waals surface area contributed by atoms with Crippen molar-refractivity contribution in [3.05, 3.63) is 118 Å². The molecule has 5 rings (SSSR count). The standard InChI is InChI=1S/C36H35ClN2O4.Na/c1-4-5-8-24-13-15-26(16-14-24)27-17-18-31-32(21-27)39(22-25-9-6-11-29(37)19-25)34(36(41)42)33(31)38-35(40)28-10-7-12-30(20-28)43-23(2)3;/h6-7,9-21,23H,4-5,8,22H2,1-3H3,(H,38,40)(H,41,42);/q;+1/p-1. The maximum Gasteiger partial charge on any atom is 1.00 e. The molecule has 0 aliphatic carbocycles. The number of aryl methyl sites for hydroxylation is 1. The predicted octanol–water partition coefficient (Wildman–Crippen LogP) is 4.76. The number of carboxylic acid groups (broad SMARTS) is 1. The molecule has 220 valence electrons. The Bertz CT molecular complexity index is 1780. The number of halogens is 1.